The van der Waals surface area contributed by atoms with Gasteiger partial charge in [0.25, 0.3) is 0 Å². The van der Waals surface area contributed by atoms with Crippen LogP contribution in [0, 0.1) is 13.8 Å². The Morgan fingerprint density at radius 1 is 0.967 bits per heavy atom. The molecule has 0 radical (unpaired) electrons. The van der Waals surface area contributed by atoms with Crippen molar-refractivity contribution in [1.29, 1.82) is 0 Å². The molecule has 6 heteroatoms. The monoisotopic (exact) mass is 428 g/mol. The zero-order chi connectivity index (χ0) is 22.1. The standard InChI is InChI=1S/C24H32N2O3S/c1-16-12-17(2)14-23(13-16)26(30(5,28)29)19(4)24(27)25-18(3)21-11-10-20-8-6-7-9-22(20)15-21/h10-15,18-19H,6-9H2,1-5H3,(H,25,27)/t18-,19-/m1/s1. The van der Waals surface area contributed by atoms with Gasteiger partial charge in [-0.3, -0.25) is 9.10 Å². The van der Waals surface area contributed by atoms with E-state index in [2.05, 4.69) is 23.5 Å². The van der Waals surface area contributed by atoms with Crippen LogP contribution in [-0.4, -0.2) is 26.6 Å². The first-order valence-corrected chi connectivity index (χ1v) is 12.4. The van der Waals surface area contributed by atoms with Crippen molar-refractivity contribution in [2.45, 2.75) is 65.5 Å². The number of hydrogen-bond acceptors (Lipinski definition) is 3. The van der Waals surface area contributed by atoms with Gasteiger partial charge in [0.2, 0.25) is 15.9 Å². The van der Waals surface area contributed by atoms with Crippen molar-refractivity contribution in [3.05, 3.63) is 64.2 Å². The third-order valence-electron chi connectivity index (χ3n) is 5.78. The molecule has 1 amide bonds. The molecule has 2 aromatic rings. The highest BCUT2D eigenvalue weighted by molar-refractivity contribution is 7.92. The zero-order valence-corrected chi connectivity index (χ0v) is 19.3. The molecule has 0 heterocycles. The second-order valence-corrected chi connectivity index (χ2v) is 10.4. The zero-order valence-electron chi connectivity index (χ0n) is 18.5. The SMILES string of the molecule is Cc1cc(C)cc(N([C@H](C)C(=O)N[C@H](C)c2ccc3c(c2)CCCC3)S(C)(=O)=O)c1. The van der Waals surface area contributed by atoms with Crippen molar-refractivity contribution in [1.82, 2.24) is 5.32 Å². The van der Waals surface area contributed by atoms with Crippen molar-refractivity contribution < 1.29 is 13.2 Å². The molecule has 1 N–H and O–H groups in total. The highest BCUT2D eigenvalue weighted by Crippen LogP contribution is 2.26. The van der Waals surface area contributed by atoms with Crippen molar-refractivity contribution in [3.63, 3.8) is 0 Å². The first-order valence-electron chi connectivity index (χ1n) is 10.6. The average Bonchev–Trinajstić information content (AvgIpc) is 2.65. The lowest BCUT2D eigenvalue weighted by atomic mass is 9.89. The predicted molar refractivity (Wildman–Crippen MR) is 122 cm³/mol. The quantitative estimate of drug-likeness (QED) is 0.749. The number of nitrogens with one attached hydrogen (secondary N) is 1. The van der Waals surface area contributed by atoms with E-state index in [9.17, 15) is 13.2 Å². The number of benzene rings is 2. The Kier molecular flexibility index (Phi) is 6.56. The summed E-state index contributed by atoms with van der Waals surface area (Å²) >= 11 is 0. The Morgan fingerprint density at radius 2 is 1.57 bits per heavy atom. The molecule has 0 aromatic heterocycles. The molecule has 1 aliphatic rings. The van der Waals surface area contributed by atoms with Crippen LogP contribution in [-0.2, 0) is 27.7 Å². The molecular weight excluding hydrogens is 396 g/mol. The Labute approximate surface area is 180 Å². The van der Waals surface area contributed by atoms with Gasteiger partial charge in [0.05, 0.1) is 18.0 Å². The summed E-state index contributed by atoms with van der Waals surface area (Å²) in [6.45, 7) is 7.41. The summed E-state index contributed by atoms with van der Waals surface area (Å²) in [6.07, 6.45) is 5.77. The van der Waals surface area contributed by atoms with Gasteiger partial charge in [-0.25, -0.2) is 8.42 Å². The first-order chi connectivity index (χ1) is 14.1. The number of aryl methyl sites for hydroxylation is 4. The summed E-state index contributed by atoms with van der Waals surface area (Å²) in [4.78, 5) is 13.0. The number of rotatable bonds is 6. The van der Waals surface area contributed by atoms with E-state index in [0.29, 0.717) is 5.69 Å². The average molecular weight is 429 g/mol. The summed E-state index contributed by atoms with van der Waals surface area (Å²) in [7, 11) is -3.64. The van der Waals surface area contributed by atoms with E-state index in [1.807, 2.05) is 26.8 Å². The smallest absolute Gasteiger partial charge is 0.244 e. The second-order valence-electron chi connectivity index (χ2n) is 8.55. The molecule has 0 fully saturated rings. The van der Waals surface area contributed by atoms with Crippen LogP contribution in [0.3, 0.4) is 0 Å². The van der Waals surface area contributed by atoms with E-state index < -0.39 is 16.1 Å². The Balaban J connectivity index is 1.81. The van der Waals surface area contributed by atoms with Crippen LogP contribution in [0.4, 0.5) is 5.69 Å². The molecule has 0 unspecified atom stereocenters. The van der Waals surface area contributed by atoms with E-state index >= 15 is 0 Å². The molecule has 30 heavy (non-hydrogen) atoms. The fraction of sp³-hybridized carbons (Fsp3) is 0.458. The highest BCUT2D eigenvalue weighted by atomic mass is 32.2. The summed E-state index contributed by atoms with van der Waals surface area (Å²) in [5.74, 6) is -0.315. The maximum absolute atomic E-state index is 13.0. The molecule has 0 saturated heterocycles. The minimum absolute atomic E-state index is 0.201. The number of anilines is 1. The minimum Gasteiger partial charge on any atom is -0.348 e. The first kappa shape index (κ1) is 22.3. The Bertz CT molecular complexity index is 1030. The molecule has 0 saturated carbocycles. The number of carbonyl (C=O) groups excluding carboxylic acids is 1. The van der Waals surface area contributed by atoms with E-state index in [-0.39, 0.29) is 11.9 Å². The Hall–Kier alpha value is -2.34. The normalized spacial score (nSPS) is 15.8. The van der Waals surface area contributed by atoms with Crippen LogP contribution < -0.4 is 9.62 Å². The van der Waals surface area contributed by atoms with Gasteiger partial charge in [0.15, 0.2) is 0 Å². The summed E-state index contributed by atoms with van der Waals surface area (Å²) < 4.78 is 26.3. The maximum Gasteiger partial charge on any atom is 0.244 e. The number of hydrogen-bond donors (Lipinski definition) is 1. The number of sulfonamides is 1. The lowest BCUT2D eigenvalue weighted by Crippen LogP contribution is -2.48. The van der Waals surface area contributed by atoms with Crippen LogP contribution in [0.5, 0.6) is 0 Å². The largest absolute Gasteiger partial charge is 0.348 e. The van der Waals surface area contributed by atoms with Crippen molar-refractivity contribution in [2.24, 2.45) is 0 Å². The molecule has 0 bridgehead atoms. The summed E-state index contributed by atoms with van der Waals surface area (Å²) in [5.41, 5.74) is 6.23. The van der Waals surface area contributed by atoms with Gasteiger partial charge >= 0.3 is 0 Å². The van der Waals surface area contributed by atoms with Crippen molar-refractivity contribution in [2.75, 3.05) is 10.6 Å². The fourth-order valence-electron chi connectivity index (χ4n) is 4.33. The predicted octanol–water partition coefficient (Wildman–Crippen LogP) is 4.21. The Morgan fingerprint density at radius 3 is 2.17 bits per heavy atom. The molecule has 162 valence electrons. The van der Waals surface area contributed by atoms with Crippen LogP contribution in [0.25, 0.3) is 0 Å². The fourth-order valence-corrected chi connectivity index (χ4v) is 5.49. The number of amides is 1. The lowest BCUT2D eigenvalue weighted by Gasteiger charge is -2.30. The highest BCUT2D eigenvalue weighted by Gasteiger charge is 2.30. The molecule has 0 spiro atoms. The van der Waals surface area contributed by atoms with Crippen molar-refractivity contribution in [3.8, 4) is 0 Å². The third kappa shape index (κ3) is 5.04. The van der Waals surface area contributed by atoms with Gasteiger partial charge in [0.1, 0.15) is 6.04 Å². The maximum atomic E-state index is 13.0. The van der Waals surface area contributed by atoms with Crippen LogP contribution in [0.1, 0.15) is 60.5 Å². The van der Waals surface area contributed by atoms with Crippen LogP contribution in [0.2, 0.25) is 0 Å². The molecular formula is C24H32N2O3S. The number of fused-ring (bicyclic) bond motifs is 1. The van der Waals surface area contributed by atoms with Gasteiger partial charge < -0.3 is 5.32 Å². The van der Waals surface area contributed by atoms with E-state index in [4.69, 9.17) is 0 Å². The van der Waals surface area contributed by atoms with Gasteiger partial charge in [-0.2, -0.15) is 0 Å². The second kappa shape index (κ2) is 8.80. The summed E-state index contributed by atoms with van der Waals surface area (Å²) in [5, 5.41) is 3.01. The van der Waals surface area contributed by atoms with Crippen LogP contribution in [0.15, 0.2) is 36.4 Å². The van der Waals surface area contributed by atoms with Gasteiger partial charge in [-0.05, 0) is 93.3 Å². The molecule has 2 aromatic carbocycles. The van der Waals surface area contributed by atoms with E-state index in [1.54, 1.807) is 19.1 Å². The molecule has 5 nitrogen and oxygen atoms in total. The minimum atomic E-state index is -3.64. The number of nitrogens with zero attached hydrogens (tertiary/aromatic N) is 1. The number of carbonyl (C=O) groups is 1. The summed E-state index contributed by atoms with van der Waals surface area (Å²) in [6, 6.07) is 10.9. The van der Waals surface area contributed by atoms with Crippen molar-refractivity contribution >= 4 is 21.6 Å². The lowest BCUT2D eigenvalue weighted by molar-refractivity contribution is -0.122. The van der Waals surface area contributed by atoms with E-state index in [0.717, 1.165) is 35.8 Å². The van der Waals surface area contributed by atoms with Gasteiger partial charge in [-0.15, -0.1) is 0 Å². The molecule has 0 aliphatic heterocycles. The topological polar surface area (TPSA) is 66.5 Å². The molecule has 3 rings (SSSR count). The molecule has 2 atom stereocenters. The van der Waals surface area contributed by atoms with E-state index in [1.165, 1.54) is 28.3 Å². The van der Waals surface area contributed by atoms with Gasteiger partial charge in [0, 0.05) is 0 Å². The van der Waals surface area contributed by atoms with Gasteiger partial charge in [-0.1, -0.05) is 24.3 Å². The molecule has 1 aliphatic carbocycles. The van der Waals surface area contributed by atoms with Crippen LogP contribution >= 0.6 is 0 Å². The third-order valence-corrected chi connectivity index (χ3v) is 7.02.